The van der Waals surface area contributed by atoms with Gasteiger partial charge in [0.25, 0.3) is 10.0 Å². The normalized spacial score (nSPS) is 11.8. The SMILES string of the molecule is CCNC(=O)[C@H](Cc1ccccc1)N(Cc1ccc(Br)cc1)C(=O)CN(c1ccccc1OCC)S(=O)(=O)c1ccc(SC)cc1. The Morgan fingerprint density at radius 2 is 1.52 bits per heavy atom. The molecule has 1 N–H and O–H groups in total. The van der Waals surface area contributed by atoms with E-state index in [1.54, 1.807) is 36.4 Å². The lowest BCUT2D eigenvalue weighted by Gasteiger charge is -2.34. The monoisotopic (exact) mass is 723 g/mol. The maximum Gasteiger partial charge on any atom is 0.264 e. The van der Waals surface area contributed by atoms with Crippen molar-refractivity contribution in [3.8, 4) is 5.75 Å². The molecule has 0 fully saturated rings. The fourth-order valence-electron chi connectivity index (χ4n) is 4.96. The zero-order chi connectivity index (χ0) is 33.1. The number of para-hydroxylation sites is 2. The van der Waals surface area contributed by atoms with E-state index in [0.717, 1.165) is 24.8 Å². The largest absolute Gasteiger partial charge is 0.492 e. The van der Waals surface area contributed by atoms with Gasteiger partial charge in [0.1, 0.15) is 18.3 Å². The summed E-state index contributed by atoms with van der Waals surface area (Å²) in [6.45, 7) is 3.83. The standard InChI is InChI=1S/C35H38BrN3O5S2/c1-4-37-35(41)32(23-26-11-7-6-8-12-26)38(24-27-15-17-28(36)18-16-27)34(40)25-39(31-13-9-10-14-33(31)44-5-2)46(42,43)30-21-19-29(45-3)20-22-30/h6-22,32H,4-5,23-25H2,1-3H3,(H,37,41)/t32-/m0/s1. The molecular weight excluding hydrogens is 686 g/mol. The van der Waals surface area contributed by atoms with E-state index >= 15 is 0 Å². The first-order valence-electron chi connectivity index (χ1n) is 14.9. The van der Waals surface area contributed by atoms with Crippen LogP contribution in [0, 0.1) is 0 Å². The van der Waals surface area contributed by atoms with E-state index in [9.17, 15) is 18.0 Å². The number of halogens is 1. The quantitative estimate of drug-likeness (QED) is 0.140. The van der Waals surface area contributed by atoms with E-state index in [2.05, 4.69) is 21.2 Å². The predicted octanol–water partition coefficient (Wildman–Crippen LogP) is 6.54. The van der Waals surface area contributed by atoms with E-state index in [1.165, 1.54) is 28.8 Å². The molecule has 242 valence electrons. The summed E-state index contributed by atoms with van der Waals surface area (Å²) in [5, 5.41) is 2.88. The zero-order valence-electron chi connectivity index (χ0n) is 26.1. The number of rotatable bonds is 15. The van der Waals surface area contributed by atoms with Crippen LogP contribution < -0.4 is 14.4 Å². The van der Waals surface area contributed by atoms with E-state index in [0.29, 0.717) is 18.9 Å². The minimum atomic E-state index is -4.25. The molecule has 0 bridgehead atoms. The average molecular weight is 725 g/mol. The van der Waals surface area contributed by atoms with Crippen LogP contribution in [0.3, 0.4) is 0 Å². The third kappa shape index (κ3) is 8.92. The van der Waals surface area contributed by atoms with Gasteiger partial charge in [0.15, 0.2) is 0 Å². The second kappa shape index (κ2) is 16.7. The van der Waals surface area contributed by atoms with Gasteiger partial charge in [-0.15, -0.1) is 11.8 Å². The number of benzene rings is 4. The number of hydrogen-bond donors (Lipinski definition) is 1. The molecule has 0 aromatic heterocycles. The molecule has 0 aliphatic rings. The number of amides is 2. The van der Waals surface area contributed by atoms with Crippen molar-refractivity contribution >= 4 is 55.2 Å². The molecular formula is C35H38BrN3O5S2. The molecule has 0 heterocycles. The first-order chi connectivity index (χ1) is 22.2. The zero-order valence-corrected chi connectivity index (χ0v) is 29.3. The Balaban J connectivity index is 1.82. The van der Waals surface area contributed by atoms with Crippen molar-refractivity contribution in [2.45, 2.75) is 42.6 Å². The lowest BCUT2D eigenvalue weighted by molar-refractivity contribution is -0.140. The van der Waals surface area contributed by atoms with Gasteiger partial charge in [-0.3, -0.25) is 13.9 Å². The number of ether oxygens (including phenoxy) is 1. The van der Waals surface area contributed by atoms with Crippen LogP contribution in [-0.4, -0.2) is 57.1 Å². The predicted molar refractivity (Wildman–Crippen MR) is 188 cm³/mol. The molecule has 0 saturated heterocycles. The number of hydrogen-bond acceptors (Lipinski definition) is 6. The molecule has 0 aliphatic heterocycles. The highest BCUT2D eigenvalue weighted by atomic mass is 79.9. The summed E-state index contributed by atoms with van der Waals surface area (Å²) in [4.78, 5) is 30.6. The maximum atomic E-state index is 14.6. The highest BCUT2D eigenvalue weighted by molar-refractivity contribution is 9.10. The van der Waals surface area contributed by atoms with E-state index in [4.69, 9.17) is 4.74 Å². The van der Waals surface area contributed by atoms with Crippen LogP contribution in [0.25, 0.3) is 0 Å². The van der Waals surface area contributed by atoms with Gasteiger partial charge in [-0.2, -0.15) is 0 Å². The number of sulfonamides is 1. The molecule has 0 saturated carbocycles. The molecule has 1 atom stereocenters. The minimum Gasteiger partial charge on any atom is -0.492 e. The van der Waals surface area contributed by atoms with Gasteiger partial charge in [-0.1, -0.05) is 70.5 Å². The molecule has 2 amide bonds. The molecule has 0 unspecified atom stereocenters. The molecule has 8 nitrogen and oxygen atoms in total. The molecule has 46 heavy (non-hydrogen) atoms. The second-order valence-corrected chi connectivity index (χ2v) is 14.0. The Morgan fingerprint density at radius 3 is 2.15 bits per heavy atom. The van der Waals surface area contributed by atoms with Crippen molar-refractivity contribution in [1.82, 2.24) is 10.2 Å². The van der Waals surface area contributed by atoms with E-state index in [-0.39, 0.29) is 29.5 Å². The summed E-state index contributed by atoms with van der Waals surface area (Å²) in [6.07, 6.45) is 2.15. The van der Waals surface area contributed by atoms with Crippen LogP contribution >= 0.6 is 27.7 Å². The van der Waals surface area contributed by atoms with Crippen LogP contribution in [0.2, 0.25) is 0 Å². The van der Waals surface area contributed by atoms with Crippen molar-refractivity contribution in [1.29, 1.82) is 0 Å². The van der Waals surface area contributed by atoms with Gasteiger partial charge in [-0.25, -0.2) is 8.42 Å². The summed E-state index contributed by atoms with van der Waals surface area (Å²) in [6, 6.07) is 29.3. The number of likely N-dealkylation sites (N-methyl/N-ethyl adjacent to an activating group) is 1. The van der Waals surface area contributed by atoms with Crippen molar-refractivity contribution in [3.05, 3.63) is 119 Å². The summed E-state index contributed by atoms with van der Waals surface area (Å²) in [5.41, 5.74) is 1.89. The average Bonchev–Trinajstić information content (AvgIpc) is 3.07. The Bertz CT molecular complexity index is 1700. The van der Waals surface area contributed by atoms with Gasteiger partial charge >= 0.3 is 0 Å². The van der Waals surface area contributed by atoms with Gasteiger partial charge in [0.2, 0.25) is 11.8 Å². The fourth-order valence-corrected chi connectivity index (χ4v) is 7.06. The number of thioether (sulfide) groups is 1. The first-order valence-corrected chi connectivity index (χ1v) is 18.4. The Hall–Kier alpha value is -3.80. The summed E-state index contributed by atoms with van der Waals surface area (Å²) >= 11 is 4.96. The lowest BCUT2D eigenvalue weighted by Crippen LogP contribution is -2.53. The van der Waals surface area contributed by atoms with Crippen LogP contribution in [0.1, 0.15) is 25.0 Å². The van der Waals surface area contributed by atoms with Crippen LogP contribution in [-0.2, 0) is 32.6 Å². The summed E-state index contributed by atoms with van der Waals surface area (Å²) in [7, 11) is -4.25. The number of nitrogens with zero attached hydrogens (tertiary/aromatic N) is 2. The molecule has 0 aliphatic carbocycles. The first kappa shape index (κ1) is 35.1. The molecule has 4 aromatic rings. The van der Waals surface area contributed by atoms with E-state index in [1.807, 2.05) is 74.7 Å². The van der Waals surface area contributed by atoms with Crippen molar-refractivity contribution in [2.24, 2.45) is 0 Å². The smallest absolute Gasteiger partial charge is 0.264 e. The number of nitrogens with one attached hydrogen (secondary N) is 1. The van der Waals surface area contributed by atoms with Crippen LogP contribution in [0.15, 0.2) is 117 Å². The third-order valence-corrected chi connectivity index (χ3v) is 10.3. The van der Waals surface area contributed by atoms with Crippen LogP contribution in [0.4, 0.5) is 5.69 Å². The van der Waals surface area contributed by atoms with Gasteiger partial charge < -0.3 is 15.0 Å². The Kier molecular flexibility index (Phi) is 12.7. The maximum absolute atomic E-state index is 14.6. The molecule has 4 aromatic carbocycles. The summed E-state index contributed by atoms with van der Waals surface area (Å²) < 4.78 is 36.5. The third-order valence-electron chi connectivity index (χ3n) is 7.25. The van der Waals surface area contributed by atoms with E-state index < -0.39 is 28.5 Å². The number of anilines is 1. The number of carbonyl (C=O) groups excluding carboxylic acids is 2. The molecule has 0 radical (unpaired) electrons. The lowest BCUT2D eigenvalue weighted by atomic mass is 10.0. The topological polar surface area (TPSA) is 96.0 Å². The van der Waals surface area contributed by atoms with Crippen molar-refractivity contribution < 1.29 is 22.7 Å². The molecule has 11 heteroatoms. The van der Waals surface area contributed by atoms with Gasteiger partial charge in [-0.05, 0) is 79.8 Å². The van der Waals surface area contributed by atoms with Crippen molar-refractivity contribution in [3.63, 3.8) is 0 Å². The van der Waals surface area contributed by atoms with Gasteiger partial charge in [0, 0.05) is 28.9 Å². The molecule has 4 rings (SSSR count). The van der Waals surface area contributed by atoms with Gasteiger partial charge in [0.05, 0.1) is 17.2 Å². The molecule has 0 spiro atoms. The Morgan fingerprint density at radius 1 is 0.870 bits per heavy atom. The summed E-state index contributed by atoms with van der Waals surface area (Å²) in [5.74, 6) is -0.537. The number of carbonyl (C=O) groups is 2. The minimum absolute atomic E-state index is 0.0356. The highest BCUT2D eigenvalue weighted by Crippen LogP contribution is 2.33. The fraction of sp³-hybridized carbons (Fsp3) is 0.257. The Labute approximate surface area is 284 Å². The van der Waals surface area contributed by atoms with Crippen molar-refractivity contribution in [2.75, 3.05) is 30.3 Å². The van der Waals surface area contributed by atoms with Crippen LogP contribution in [0.5, 0.6) is 5.75 Å². The second-order valence-electron chi connectivity index (χ2n) is 10.3. The highest BCUT2D eigenvalue weighted by Gasteiger charge is 2.35.